The highest BCUT2D eigenvalue weighted by molar-refractivity contribution is 6.41. The summed E-state index contributed by atoms with van der Waals surface area (Å²) < 4.78 is 47.8. The van der Waals surface area contributed by atoms with Crippen LogP contribution >= 0.6 is 23.2 Å². The van der Waals surface area contributed by atoms with E-state index in [-0.39, 0.29) is 17.9 Å². The maximum Gasteiger partial charge on any atom is 0.416 e. The summed E-state index contributed by atoms with van der Waals surface area (Å²) in [5, 5.41) is -1.00. The van der Waals surface area contributed by atoms with Gasteiger partial charge in [-0.25, -0.2) is 4.79 Å². The molecule has 1 aromatic heterocycles. The molecule has 0 aliphatic heterocycles. The molecule has 0 saturated heterocycles. The Morgan fingerprint density at radius 1 is 1.21 bits per heavy atom. The zero-order valence-corrected chi connectivity index (χ0v) is 13.6. The Morgan fingerprint density at radius 3 is 2.29 bits per heavy atom. The molecule has 2 rings (SSSR count). The van der Waals surface area contributed by atoms with Gasteiger partial charge in [-0.15, -0.1) is 0 Å². The minimum atomic E-state index is -4.53. The molecule has 0 amide bonds. The lowest BCUT2D eigenvalue weighted by molar-refractivity contribution is -0.137. The average Bonchev–Trinajstić information content (AvgIpc) is 2.51. The Bertz CT molecular complexity index is 826. The topological polar surface area (TPSA) is 56.5 Å². The molecule has 0 saturated carbocycles. The number of hydrogen-bond acceptors (Lipinski definition) is 4. The minimum Gasteiger partial charge on any atom is -0.462 e. The minimum absolute atomic E-state index is 0.0228. The predicted molar refractivity (Wildman–Crippen MR) is 81.4 cm³/mol. The summed E-state index contributed by atoms with van der Waals surface area (Å²) in [6.07, 6.45) is -4.53. The van der Waals surface area contributed by atoms with Crippen LogP contribution < -0.4 is 5.43 Å². The quantitative estimate of drug-likeness (QED) is 0.717. The van der Waals surface area contributed by atoms with Crippen LogP contribution in [0.25, 0.3) is 11.3 Å². The van der Waals surface area contributed by atoms with E-state index in [2.05, 4.69) is 0 Å². The van der Waals surface area contributed by atoms with Crippen molar-refractivity contribution in [3.05, 3.63) is 55.9 Å². The lowest BCUT2D eigenvalue weighted by Crippen LogP contribution is -2.19. The largest absolute Gasteiger partial charge is 0.462 e. The van der Waals surface area contributed by atoms with Gasteiger partial charge in [0.1, 0.15) is 5.02 Å². The third-order valence-electron chi connectivity index (χ3n) is 2.97. The molecule has 0 aliphatic rings. The highest BCUT2D eigenvalue weighted by Gasteiger charge is 2.31. The summed E-state index contributed by atoms with van der Waals surface area (Å²) in [7, 11) is 0. The van der Waals surface area contributed by atoms with E-state index < -0.39 is 38.9 Å². The Hall–Kier alpha value is -1.99. The number of hydrogen-bond donors (Lipinski definition) is 0. The van der Waals surface area contributed by atoms with Gasteiger partial charge >= 0.3 is 12.1 Å². The number of ether oxygens (including phenoxy) is 1. The van der Waals surface area contributed by atoms with Crippen molar-refractivity contribution in [2.24, 2.45) is 0 Å². The van der Waals surface area contributed by atoms with Gasteiger partial charge in [0.2, 0.25) is 10.6 Å². The maximum absolute atomic E-state index is 12.6. The predicted octanol–water partition coefficient (Wildman–Crippen LogP) is 4.81. The molecule has 0 N–H and O–H groups in total. The molecule has 0 spiro atoms. The van der Waals surface area contributed by atoms with Crippen LogP contribution in [0.4, 0.5) is 13.2 Å². The highest BCUT2D eigenvalue weighted by atomic mass is 35.5. The van der Waals surface area contributed by atoms with Crippen LogP contribution in [0.5, 0.6) is 0 Å². The second-order valence-corrected chi connectivity index (χ2v) is 5.24. The normalized spacial score (nSPS) is 11.4. The number of esters is 1. The average molecular weight is 381 g/mol. The Labute approximate surface area is 143 Å². The van der Waals surface area contributed by atoms with Crippen LogP contribution in [0.2, 0.25) is 10.2 Å². The number of halogens is 5. The molecule has 0 fully saturated rings. The zero-order valence-electron chi connectivity index (χ0n) is 12.0. The molecule has 2 aromatic rings. The van der Waals surface area contributed by atoms with E-state index in [1.807, 2.05) is 0 Å². The summed E-state index contributed by atoms with van der Waals surface area (Å²) in [5.41, 5.74) is -2.32. The summed E-state index contributed by atoms with van der Waals surface area (Å²) >= 11 is 11.4. The van der Waals surface area contributed by atoms with Crippen molar-refractivity contribution in [1.29, 1.82) is 0 Å². The van der Waals surface area contributed by atoms with E-state index >= 15 is 0 Å². The molecule has 0 unspecified atom stereocenters. The first-order chi connectivity index (χ1) is 11.2. The van der Waals surface area contributed by atoms with Gasteiger partial charge in [0, 0.05) is 5.56 Å². The van der Waals surface area contributed by atoms with Crippen LogP contribution in [-0.4, -0.2) is 12.6 Å². The number of rotatable bonds is 3. The van der Waals surface area contributed by atoms with Crippen molar-refractivity contribution >= 4 is 29.2 Å². The third-order valence-corrected chi connectivity index (χ3v) is 3.68. The van der Waals surface area contributed by atoms with Crippen LogP contribution in [0.1, 0.15) is 22.8 Å². The van der Waals surface area contributed by atoms with Crippen LogP contribution in [0, 0.1) is 0 Å². The van der Waals surface area contributed by atoms with Crippen LogP contribution in [-0.2, 0) is 10.9 Å². The fraction of sp³-hybridized carbons (Fsp3) is 0.200. The van der Waals surface area contributed by atoms with Gasteiger partial charge in [-0.1, -0.05) is 23.7 Å². The molecule has 0 radical (unpaired) electrons. The number of carbonyl (C=O) groups excluding carboxylic acids is 1. The van der Waals surface area contributed by atoms with E-state index in [1.165, 1.54) is 6.92 Å². The molecule has 0 aliphatic carbocycles. The summed E-state index contributed by atoms with van der Waals surface area (Å²) in [6, 6.07) is 3.67. The first-order valence-corrected chi connectivity index (χ1v) is 7.29. The van der Waals surface area contributed by atoms with Crippen LogP contribution in [0.15, 0.2) is 33.5 Å². The standard InChI is InChI=1S/C15H9Cl2F3O4/c1-2-23-14(22)9-11(21)10(16)13(17)24-12(9)7-3-5-8(6-4-7)15(18,19)20/h3-6H,2H2,1H3. The lowest BCUT2D eigenvalue weighted by atomic mass is 10.0. The molecule has 1 heterocycles. The smallest absolute Gasteiger partial charge is 0.416 e. The third kappa shape index (κ3) is 3.57. The molecule has 0 atom stereocenters. The van der Waals surface area contributed by atoms with Gasteiger partial charge in [-0.3, -0.25) is 4.79 Å². The number of carbonyl (C=O) groups is 1. The van der Waals surface area contributed by atoms with Crippen molar-refractivity contribution in [2.45, 2.75) is 13.1 Å². The lowest BCUT2D eigenvalue weighted by Gasteiger charge is -2.10. The zero-order chi connectivity index (χ0) is 18.1. The van der Waals surface area contributed by atoms with Crippen molar-refractivity contribution in [3.63, 3.8) is 0 Å². The molecule has 24 heavy (non-hydrogen) atoms. The Morgan fingerprint density at radius 2 is 1.79 bits per heavy atom. The molecule has 4 nitrogen and oxygen atoms in total. The summed E-state index contributed by atoms with van der Waals surface area (Å²) in [4.78, 5) is 24.2. The van der Waals surface area contributed by atoms with Gasteiger partial charge in [0.15, 0.2) is 11.3 Å². The maximum atomic E-state index is 12.6. The SMILES string of the molecule is CCOC(=O)c1c(-c2ccc(C(F)(F)F)cc2)oc(Cl)c(Cl)c1=O. The van der Waals surface area contributed by atoms with Crippen molar-refractivity contribution in [1.82, 2.24) is 0 Å². The van der Waals surface area contributed by atoms with Crippen molar-refractivity contribution < 1.29 is 27.1 Å². The molecular weight excluding hydrogens is 372 g/mol. The van der Waals surface area contributed by atoms with E-state index in [4.69, 9.17) is 32.4 Å². The first kappa shape index (κ1) is 18.4. The van der Waals surface area contributed by atoms with Crippen molar-refractivity contribution in [2.75, 3.05) is 6.61 Å². The molecular formula is C15H9Cl2F3O4. The first-order valence-electron chi connectivity index (χ1n) is 6.53. The second kappa shape index (κ2) is 6.86. The van der Waals surface area contributed by atoms with Gasteiger partial charge in [0.25, 0.3) is 0 Å². The van der Waals surface area contributed by atoms with E-state index in [0.717, 1.165) is 24.3 Å². The van der Waals surface area contributed by atoms with Crippen LogP contribution in [0.3, 0.4) is 0 Å². The summed E-state index contributed by atoms with van der Waals surface area (Å²) in [5.74, 6) is -1.33. The Balaban J connectivity index is 2.65. The highest BCUT2D eigenvalue weighted by Crippen LogP contribution is 2.33. The van der Waals surface area contributed by atoms with Gasteiger partial charge in [0.05, 0.1) is 12.2 Å². The molecule has 1 aromatic carbocycles. The van der Waals surface area contributed by atoms with Gasteiger partial charge in [-0.2, -0.15) is 13.2 Å². The van der Waals surface area contributed by atoms with E-state index in [9.17, 15) is 22.8 Å². The molecule has 0 bridgehead atoms. The molecule has 128 valence electrons. The fourth-order valence-corrected chi connectivity index (χ4v) is 2.19. The monoisotopic (exact) mass is 380 g/mol. The number of benzene rings is 1. The molecule has 9 heteroatoms. The fourth-order valence-electron chi connectivity index (χ4n) is 1.89. The van der Waals surface area contributed by atoms with Gasteiger partial charge in [-0.05, 0) is 30.7 Å². The van der Waals surface area contributed by atoms with E-state index in [1.54, 1.807) is 0 Å². The van der Waals surface area contributed by atoms with E-state index in [0.29, 0.717) is 0 Å². The second-order valence-electron chi connectivity index (χ2n) is 4.52. The van der Waals surface area contributed by atoms with Crippen molar-refractivity contribution in [3.8, 4) is 11.3 Å². The number of alkyl halides is 3. The summed E-state index contributed by atoms with van der Waals surface area (Å²) in [6.45, 7) is 1.50. The Kier molecular flexibility index (Phi) is 5.25. The van der Waals surface area contributed by atoms with Gasteiger partial charge < -0.3 is 9.15 Å².